The molecular formula is C15H28N2O2. The highest BCUT2D eigenvalue weighted by Gasteiger charge is 2.31. The van der Waals surface area contributed by atoms with Crippen molar-refractivity contribution in [3.63, 3.8) is 0 Å². The molecule has 1 aliphatic carbocycles. The summed E-state index contributed by atoms with van der Waals surface area (Å²) in [7, 11) is 1.95. The normalized spacial score (nSPS) is 31.4. The lowest BCUT2D eigenvalue weighted by atomic mass is 10.0. The first-order valence-corrected chi connectivity index (χ1v) is 7.79. The highest BCUT2D eigenvalue weighted by molar-refractivity contribution is 5.76. The predicted octanol–water partition coefficient (Wildman–Crippen LogP) is 1.92. The molecule has 3 unspecified atom stereocenters. The second-order valence-corrected chi connectivity index (χ2v) is 6.03. The minimum Gasteiger partial charge on any atom is -0.378 e. The van der Waals surface area contributed by atoms with Crippen LogP contribution in [0, 0.1) is 5.92 Å². The number of carbonyl (C=O) groups is 1. The first-order valence-electron chi connectivity index (χ1n) is 7.79. The molecule has 1 heterocycles. The molecule has 4 heteroatoms. The number of hydrogen-bond acceptors (Lipinski definition) is 3. The molecule has 1 saturated heterocycles. The van der Waals surface area contributed by atoms with Gasteiger partial charge in [-0.05, 0) is 51.0 Å². The molecule has 3 atom stereocenters. The molecule has 0 aromatic heterocycles. The maximum atomic E-state index is 12.3. The number of carbonyl (C=O) groups excluding carboxylic acids is 1. The van der Waals surface area contributed by atoms with E-state index in [2.05, 4.69) is 0 Å². The van der Waals surface area contributed by atoms with E-state index in [0.717, 1.165) is 25.9 Å². The summed E-state index contributed by atoms with van der Waals surface area (Å²) in [5.41, 5.74) is 5.80. The fraction of sp³-hybridized carbons (Fsp3) is 0.933. The Kier molecular flexibility index (Phi) is 5.64. The summed E-state index contributed by atoms with van der Waals surface area (Å²) >= 11 is 0. The van der Waals surface area contributed by atoms with Crippen LogP contribution in [0.2, 0.25) is 0 Å². The van der Waals surface area contributed by atoms with Gasteiger partial charge in [-0.25, -0.2) is 0 Å². The van der Waals surface area contributed by atoms with Gasteiger partial charge in [0.1, 0.15) is 0 Å². The molecule has 2 aliphatic rings. The Balaban J connectivity index is 1.75. The zero-order valence-electron chi connectivity index (χ0n) is 12.1. The summed E-state index contributed by atoms with van der Waals surface area (Å²) in [4.78, 5) is 14.2. The van der Waals surface area contributed by atoms with Crippen LogP contribution in [0.15, 0.2) is 0 Å². The van der Waals surface area contributed by atoms with Gasteiger partial charge in [-0.3, -0.25) is 4.79 Å². The Bertz CT molecular complexity index is 290. The molecule has 2 rings (SSSR count). The number of hydrogen-bond donors (Lipinski definition) is 1. The predicted molar refractivity (Wildman–Crippen MR) is 75.8 cm³/mol. The Labute approximate surface area is 116 Å². The van der Waals surface area contributed by atoms with Crippen LogP contribution in [0.1, 0.15) is 51.4 Å². The number of nitrogens with zero attached hydrogens (tertiary/aromatic N) is 1. The molecule has 4 nitrogen and oxygen atoms in total. The topological polar surface area (TPSA) is 55.6 Å². The average Bonchev–Trinajstić information content (AvgIpc) is 2.93. The Morgan fingerprint density at radius 3 is 2.79 bits per heavy atom. The van der Waals surface area contributed by atoms with Gasteiger partial charge in [-0.2, -0.15) is 0 Å². The van der Waals surface area contributed by atoms with Crippen molar-refractivity contribution in [3.8, 4) is 0 Å². The van der Waals surface area contributed by atoms with Crippen molar-refractivity contribution in [2.75, 3.05) is 20.2 Å². The molecule has 110 valence electrons. The summed E-state index contributed by atoms with van der Waals surface area (Å²) in [5, 5.41) is 0. The first-order chi connectivity index (χ1) is 9.22. The van der Waals surface area contributed by atoms with Gasteiger partial charge in [0.05, 0.1) is 6.10 Å². The van der Waals surface area contributed by atoms with Crippen LogP contribution in [-0.4, -0.2) is 43.2 Å². The quantitative estimate of drug-likeness (QED) is 0.829. The third kappa shape index (κ3) is 3.93. The molecule has 2 N–H and O–H groups in total. The van der Waals surface area contributed by atoms with Gasteiger partial charge >= 0.3 is 0 Å². The lowest BCUT2D eigenvalue weighted by Crippen LogP contribution is -2.41. The van der Waals surface area contributed by atoms with Crippen molar-refractivity contribution in [1.82, 2.24) is 4.90 Å². The van der Waals surface area contributed by atoms with Gasteiger partial charge in [0.15, 0.2) is 0 Å². The summed E-state index contributed by atoms with van der Waals surface area (Å²) in [6, 6.07) is 0.366. The lowest BCUT2D eigenvalue weighted by Gasteiger charge is -2.30. The molecule has 0 spiro atoms. The molecule has 1 aliphatic heterocycles. The van der Waals surface area contributed by atoms with E-state index in [1.54, 1.807) is 0 Å². The molecule has 1 saturated carbocycles. The van der Waals surface area contributed by atoms with E-state index in [9.17, 15) is 4.79 Å². The minimum atomic E-state index is 0.263. The van der Waals surface area contributed by atoms with Crippen molar-refractivity contribution in [2.24, 2.45) is 11.7 Å². The van der Waals surface area contributed by atoms with E-state index < -0.39 is 0 Å². The lowest BCUT2D eigenvalue weighted by molar-refractivity contribution is -0.133. The second kappa shape index (κ2) is 7.25. The fourth-order valence-electron chi connectivity index (χ4n) is 3.48. The van der Waals surface area contributed by atoms with E-state index in [0.29, 0.717) is 31.0 Å². The van der Waals surface area contributed by atoms with Crippen LogP contribution < -0.4 is 5.73 Å². The van der Waals surface area contributed by atoms with Crippen LogP contribution in [0.4, 0.5) is 0 Å². The minimum absolute atomic E-state index is 0.263. The maximum absolute atomic E-state index is 12.3. The van der Waals surface area contributed by atoms with Crippen LogP contribution in [-0.2, 0) is 9.53 Å². The summed E-state index contributed by atoms with van der Waals surface area (Å²) < 4.78 is 5.69. The summed E-state index contributed by atoms with van der Waals surface area (Å²) in [5.74, 6) is 0.763. The molecule has 19 heavy (non-hydrogen) atoms. The smallest absolute Gasteiger partial charge is 0.222 e. The van der Waals surface area contributed by atoms with Crippen molar-refractivity contribution in [3.05, 3.63) is 0 Å². The third-order valence-corrected chi connectivity index (χ3v) is 4.77. The number of rotatable bonds is 5. The van der Waals surface area contributed by atoms with Crippen LogP contribution >= 0.6 is 0 Å². The molecule has 0 radical (unpaired) electrons. The van der Waals surface area contributed by atoms with E-state index in [1.807, 2.05) is 11.9 Å². The molecule has 1 amide bonds. The zero-order chi connectivity index (χ0) is 13.7. The van der Waals surface area contributed by atoms with Crippen LogP contribution in [0.3, 0.4) is 0 Å². The SMILES string of the molecule is CN(C(=O)CCC1CCCCO1)C1CCCC1CN. The Hall–Kier alpha value is -0.610. The van der Waals surface area contributed by atoms with Crippen molar-refractivity contribution < 1.29 is 9.53 Å². The monoisotopic (exact) mass is 268 g/mol. The van der Waals surface area contributed by atoms with Gasteiger partial charge in [0.25, 0.3) is 0 Å². The van der Waals surface area contributed by atoms with Crippen molar-refractivity contribution in [1.29, 1.82) is 0 Å². The largest absolute Gasteiger partial charge is 0.378 e. The number of amides is 1. The van der Waals surface area contributed by atoms with Gasteiger partial charge < -0.3 is 15.4 Å². The van der Waals surface area contributed by atoms with Crippen LogP contribution in [0.5, 0.6) is 0 Å². The van der Waals surface area contributed by atoms with E-state index >= 15 is 0 Å². The fourth-order valence-corrected chi connectivity index (χ4v) is 3.48. The first kappa shape index (κ1) is 14.8. The number of ether oxygens (including phenoxy) is 1. The summed E-state index contributed by atoms with van der Waals surface area (Å²) in [6.07, 6.45) is 8.82. The van der Waals surface area contributed by atoms with Gasteiger partial charge in [-0.1, -0.05) is 6.42 Å². The van der Waals surface area contributed by atoms with E-state index in [4.69, 9.17) is 10.5 Å². The average molecular weight is 268 g/mol. The molecular weight excluding hydrogens is 240 g/mol. The molecule has 0 bridgehead atoms. The Morgan fingerprint density at radius 2 is 2.11 bits per heavy atom. The van der Waals surface area contributed by atoms with E-state index in [1.165, 1.54) is 25.7 Å². The van der Waals surface area contributed by atoms with Gasteiger partial charge in [0.2, 0.25) is 5.91 Å². The van der Waals surface area contributed by atoms with Gasteiger partial charge in [-0.15, -0.1) is 0 Å². The van der Waals surface area contributed by atoms with Crippen LogP contribution in [0.25, 0.3) is 0 Å². The van der Waals surface area contributed by atoms with Crippen molar-refractivity contribution in [2.45, 2.75) is 63.5 Å². The van der Waals surface area contributed by atoms with Crippen molar-refractivity contribution >= 4 is 5.91 Å². The Morgan fingerprint density at radius 1 is 1.26 bits per heavy atom. The molecule has 0 aromatic carbocycles. The standard InChI is InChI=1S/C15H28N2O2/c1-17(14-7-4-5-12(14)11-16)15(18)9-8-13-6-2-3-10-19-13/h12-14H,2-11,16H2,1H3. The summed E-state index contributed by atoms with van der Waals surface area (Å²) in [6.45, 7) is 1.57. The third-order valence-electron chi connectivity index (χ3n) is 4.77. The van der Waals surface area contributed by atoms with Gasteiger partial charge in [0, 0.05) is 26.1 Å². The zero-order valence-corrected chi connectivity index (χ0v) is 12.1. The molecule has 2 fully saturated rings. The molecule has 0 aromatic rings. The highest BCUT2D eigenvalue weighted by Crippen LogP contribution is 2.29. The second-order valence-electron chi connectivity index (χ2n) is 6.03. The maximum Gasteiger partial charge on any atom is 0.222 e. The van der Waals surface area contributed by atoms with E-state index in [-0.39, 0.29) is 5.91 Å². The highest BCUT2D eigenvalue weighted by atomic mass is 16.5. The number of nitrogens with two attached hydrogens (primary N) is 1.